The van der Waals surface area contributed by atoms with E-state index in [0.29, 0.717) is 5.56 Å². The quantitative estimate of drug-likeness (QED) is 0.572. The number of aliphatic hydroxyl groups excluding tert-OH is 1. The van der Waals surface area contributed by atoms with Crippen molar-refractivity contribution in [1.29, 1.82) is 0 Å². The third-order valence-electron chi connectivity index (χ3n) is 5.36. The summed E-state index contributed by atoms with van der Waals surface area (Å²) in [6.45, 7) is 1.60. The number of amides is 2. The van der Waals surface area contributed by atoms with E-state index < -0.39 is 22.2 Å². The van der Waals surface area contributed by atoms with Crippen LogP contribution in [-0.4, -0.2) is 25.7 Å². The van der Waals surface area contributed by atoms with E-state index in [9.17, 15) is 18.3 Å². The molecule has 0 spiro atoms. The zero-order valence-electron chi connectivity index (χ0n) is 17.7. The van der Waals surface area contributed by atoms with E-state index in [4.69, 9.17) is 4.42 Å². The molecule has 2 amide bonds. The van der Waals surface area contributed by atoms with E-state index in [1.807, 2.05) is 4.72 Å². The van der Waals surface area contributed by atoms with Crippen molar-refractivity contribution in [3.8, 4) is 0 Å². The predicted molar refractivity (Wildman–Crippen MR) is 105 cm³/mol. The average molecular weight is 428 g/mol. The molecule has 4 rings (SSSR count). The van der Waals surface area contributed by atoms with E-state index >= 15 is 0 Å². The number of aryl methyl sites for hydroxylation is 2. The minimum Gasteiger partial charge on any atom is -1.00 e. The molecule has 2 aromatic rings. The number of carbonyl (C=O) groups excluding carboxylic acids is 1. The molecule has 2 aliphatic rings. The van der Waals surface area contributed by atoms with Gasteiger partial charge in [0.05, 0.1) is 12.4 Å². The van der Waals surface area contributed by atoms with Crippen molar-refractivity contribution in [2.24, 2.45) is 0 Å². The Kier molecular flexibility index (Phi) is 6.80. The minimum atomic E-state index is -4.13. The molecule has 3 N–H and O–H groups in total. The number of hydrogen-bond donors (Lipinski definition) is 3. The van der Waals surface area contributed by atoms with Gasteiger partial charge in [0.1, 0.15) is 0 Å². The van der Waals surface area contributed by atoms with Crippen LogP contribution in [0.25, 0.3) is 0 Å². The van der Waals surface area contributed by atoms with Gasteiger partial charge in [-0.3, -0.25) is 0 Å². The molecule has 0 saturated heterocycles. The minimum absolute atomic E-state index is 0. The Morgan fingerprint density at radius 2 is 1.79 bits per heavy atom. The van der Waals surface area contributed by atoms with Crippen LogP contribution in [-0.2, 0) is 42.1 Å². The van der Waals surface area contributed by atoms with Crippen LogP contribution in [0.4, 0.5) is 10.5 Å². The first-order chi connectivity index (χ1) is 13.3. The van der Waals surface area contributed by atoms with Gasteiger partial charge < -0.3 is 16.3 Å². The van der Waals surface area contributed by atoms with E-state index in [1.54, 1.807) is 6.92 Å². The first-order valence-corrected chi connectivity index (χ1v) is 11.1. The van der Waals surface area contributed by atoms with Crippen LogP contribution < -0.4 is 39.6 Å². The van der Waals surface area contributed by atoms with Crippen molar-refractivity contribution >= 4 is 21.7 Å². The predicted octanol–water partition coefficient (Wildman–Crippen LogP) is -0.193. The van der Waals surface area contributed by atoms with Gasteiger partial charge in [-0.1, -0.05) is 6.07 Å². The second kappa shape index (κ2) is 8.81. The van der Waals surface area contributed by atoms with E-state index in [2.05, 4.69) is 11.4 Å². The molecular weight excluding hydrogens is 403 g/mol. The van der Waals surface area contributed by atoms with Crippen molar-refractivity contribution in [3.05, 3.63) is 46.2 Å². The standard InChI is InChI=1S/C20H24N2O5S.Na.H/c1-12(23)8-13-9-18(27-11-13)28(25,26)22-20(24)21-19-16-6-2-4-14(16)10-15-5-3-7-17(15)19;;/h9-12,23H,2-8H2,1H3,(H2,21,22,24);;/q;+1;-1. The summed E-state index contributed by atoms with van der Waals surface area (Å²) in [6, 6.07) is 2.78. The number of benzene rings is 1. The second-order valence-electron chi connectivity index (χ2n) is 7.62. The van der Waals surface area contributed by atoms with Gasteiger partial charge in [-0.2, -0.15) is 8.42 Å². The van der Waals surface area contributed by atoms with Crippen LogP contribution in [0.5, 0.6) is 0 Å². The maximum atomic E-state index is 12.5. The molecule has 0 radical (unpaired) electrons. The maximum absolute atomic E-state index is 12.5. The third kappa shape index (κ3) is 4.72. The molecule has 1 heterocycles. The van der Waals surface area contributed by atoms with Gasteiger partial charge in [-0.15, -0.1) is 0 Å². The molecule has 7 nitrogen and oxygen atoms in total. The fraction of sp³-hybridized carbons (Fsp3) is 0.450. The molecule has 1 atom stereocenters. The molecule has 0 saturated carbocycles. The van der Waals surface area contributed by atoms with Crippen LogP contribution in [0.3, 0.4) is 0 Å². The molecule has 1 aromatic carbocycles. The van der Waals surface area contributed by atoms with E-state index in [0.717, 1.165) is 55.3 Å². The first kappa shape index (κ1) is 22.4. The summed E-state index contributed by atoms with van der Waals surface area (Å²) in [5.41, 5.74) is 6.11. The Morgan fingerprint density at radius 3 is 2.38 bits per heavy atom. The van der Waals surface area contributed by atoms with Crippen LogP contribution in [0, 0.1) is 0 Å². The molecule has 152 valence electrons. The molecule has 0 fully saturated rings. The molecule has 0 bridgehead atoms. The SMILES string of the molecule is CC(O)Cc1coc(S(=O)(=O)NC(=O)Nc2c3c(cc4c2CCC4)CCC3)c1.[H-].[Na+]. The molecule has 2 aliphatic carbocycles. The Hall–Kier alpha value is -1.32. The Balaban J connectivity index is 0.00000160. The number of carbonyl (C=O) groups is 1. The zero-order chi connectivity index (χ0) is 19.9. The number of rotatable bonds is 5. The largest absolute Gasteiger partial charge is 1.00 e. The fourth-order valence-corrected chi connectivity index (χ4v) is 5.10. The number of furan rings is 1. The number of nitrogens with one attached hydrogen (secondary N) is 2. The van der Waals surface area contributed by atoms with Crippen molar-refractivity contribution in [3.63, 3.8) is 0 Å². The smallest absolute Gasteiger partial charge is 1.00 e. The van der Waals surface area contributed by atoms with Gasteiger partial charge in [0.2, 0.25) is 5.09 Å². The fourth-order valence-electron chi connectivity index (χ4n) is 4.22. The van der Waals surface area contributed by atoms with Crippen molar-refractivity contribution < 1.29 is 53.7 Å². The summed E-state index contributed by atoms with van der Waals surface area (Å²) in [6.07, 6.45) is 6.80. The molecule has 9 heteroatoms. The summed E-state index contributed by atoms with van der Waals surface area (Å²) in [5.74, 6) is 0. The number of anilines is 1. The first-order valence-electron chi connectivity index (χ1n) is 9.59. The number of hydrogen-bond acceptors (Lipinski definition) is 5. The van der Waals surface area contributed by atoms with Crippen LogP contribution >= 0.6 is 0 Å². The Bertz CT molecular complexity index is 1000. The second-order valence-corrected chi connectivity index (χ2v) is 9.23. The zero-order valence-corrected chi connectivity index (χ0v) is 19.6. The van der Waals surface area contributed by atoms with Crippen molar-refractivity contribution in [1.82, 2.24) is 4.72 Å². The maximum Gasteiger partial charge on any atom is 1.00 e. The van der Waals surface area contributed by atoms with Crippen LogP contribution in [0.15, 0.2) is 27.9 Å². The number of urea groups is 1. The number of fused-ring (bicyclic) bond motifs is 2. The van der Waals surface area contributed by atoms with Crippen LogP contribution in [0.2, 0.25) is 0 Å². The summed E-state index contributed by atoms with van der Waals surface area (Å²) in [4.78, 5) is 12.5. The van der Waals surface area contributed by atoms with Gasteiger partial charge in [-0.25, -0.2) is 9.52 Å². The van der Waals surface area contributed by atoms with Gasteiger partial charge in [0.15, 0.2) is 0 Å². The van der Waals surface area contributed by atoms with E-state index in [1.165, 1.54) is 23.5 Å². The molecule has 1 aromatic heterocycles. The molecule has 1 unspecified atom stereocenters. The molecule has 0 aliphatic heterocycles. The number of aliphatic hydroxyl groups is 1. The topological polar surface area (TPSA) is 109 Å². The van der Waals surface area contributed by atoms with E-state index in [-0.39, 0.29) is 42.5 Å². The van der Waals surface area contributed by atoms with Crippen LogP contribution in [0.1, 0.15) is 49.0 Å². The van der Waals surface area contributed by atoms with Crippen molar-refractivity contribution in [2.75, 3.05) is 5.32 Å². The van der Waals surface area contributed by atoms with Gasteiger partial charge >= 0.3 is 35.6 Å². The number of sulfonamides is 1. The third-order valence-corrected chi connectivity index (χ3v) is 6.56. The summed E-state index contributed by atoms with van der Waals surface area (Å²) in [5, 5.41) is 11.9. The van der Waals surface area contributed by atoms with Gasteiger partial charge in [0, 0.05) is 18.2 Å². The van der Waals surface area contributed by atoms with Crippen molar-refractivity contribution in [2.45, 2.75) is 63.1 Å². The Labute approximate surface area is 194 Å². The normalized spacial score (nSPS) is 15.9. The van der Waals surface area contributed by atoms with Gasteiger partial charge in [0.25, 0.3) is 10.0 Å². The van der Waals surface area contributed by atoms with Gasteiger partial charge in [-0.05, 0) is 73.3 Å². The molecular formula is C20H25N2NaO5S. The summed E-state index contributed by atoms with van der Waals surface area (Å²) >= 11 is 0. The summed E-state index contributed by atoms with van der Waals surface area (Å²) in [7, 11) is -4.13. The molecule has 29 heavy (non-hydrogen) atoms. The average Bonchev–Trinajstić information content (AvgIpc) is 3.32. The monoisotopic (exact) mass is 428 g/mol. The Morgan fingerprint density at radius 1 is 1.17 bits per heavy atom. The summed E-state index contributed by atoms with van der Waals surface area (Å²) < 4.78 is 32.1.